The number of nitrogens with zero attached hydrogens (tertiary/aromatic N) is 1. The molecule has 0 aliphatic rings. The smallest absolute Gasteiger partial charge is 0.254 e. The second kappa shape index (κ2) is 10.6. The summed E-state index contributed by atoms with van der Waals surface area (Å²) in [5.74, 6) is -0.327. The number of likely N-dealkylation sites (N-methyl/N-ethyl adjacent to an activating group) is 1. The van der Waals surface area contributed by atoms with E-state index in [0.29, 0.717) is 30.1 Å². The predicted octanol–water partition coefficient (Wildman–Crippen LogP) is 4.71. The minimum absolute atomic E-state index is 0.0165. The monoisotopic (exact) mass is 420 g/mol. The van der Waals surface area contributed by atoms with E-state index in [0.717, 1.165) is 16.7 Å². The molecule has 0 fully saturated rings. The van der Waals surface area contributed by atoms with Crippen LogP contribution < -0.4 is 5.32 Å². The highest BCUT2D eigenvalue weighted by atomic mass is 35.5. The lowest BCUT2D eigenvalue weighted by Crippen LogP contribution is -2.40. The van der Waals surface area contributed by atoms with E-state index in [1.165, 1.54) is 0 Å². The Morgan fingerprint density at radius 2 is 1.53 bits per heavy atom. The van der Waals surface area contributed by atoms with E-state index in [-0.39, 0.29) is 18.4 Å². The van der Waals surface area contributed by atoms with Gasteiger partial charge in [-0.05, 0) is 48.2 Å². The van der Waals surface area contributed by atoms with E-state index >= 15 is 0 Å². The van der Waals surface area contributed by atoms with E-state index in [1.807, 2.05) is 73.7 Å². The van der Waals surface area contributed by atoms with Crippen molar-refractivity contribution in [2.24, 2.45) is 0 Å². The van der Waals surface area contributed by atoms with Gasteiger partial charge in [-0.2, -0.15) is 0 Å². The first-order valence-corrected chi connectivity index (χ1v) is 10.4. The van der Waals surface area contributed by atoms with Crippen molar-refractivity contribution in [3.63, 3.8) is 0 Å². The van der Waals surface area contributed by atoms with Crippen LogP contribution in [0.25, 0.3) is 0 Å². The van der Waals surface area contributed by atoms with Crippen LogP contribution in [0.1, 0.15) is 34.0 Å². The Bertz CT molecular complexity index is 988. The summed E-state index contributed by atoms with van der Waals surface area (Å²) in [6, 6.07) is 24.9. The molecule has 4 nitrogen and oxygen atoms in total. The fraction of sp³-hybridized carbons (Fsp3) is 0.200. The molecule has 0 unspecified atom stereocenters. The molecule has 3 rings (SSSR count). The summed E-state index contributed by atoms with van der Waals surface area (Å²) in [5.41, 5.74) is 3.68. The van der Waals surface area contributed by atoms with Crippen molar-refractivity contribution in [1.29, 1.82) is 0 Å². The quantitative estimate of drug-likeness (QED) is 0.573. The van der Waals surface area contributed by atoms with Gasteiger partial charge in [-0.25, -0.2) is 0 Å². The predicted molar refractivity (Wildman–Crippen MR) is 121 cm³/mol. The Morgan fingerprint density at radius 1 is 0.867 bits per heavy atom. The zero-order chi connectivity index (χ0) is 21.3. The van der Waals surface area contributed by atoms with E-state index in [2.05, 4.69) is 5.32 Å². The number of rotatable bonds is 8. The highest BCUT2D eigenvalue weighted by Crippen LogP contribution is 2.16. The van der Waals surface area contributed by atoms with Gasteiger partial charge in [0.2, 0.25) is 5.91 Å². The topological polar surface area (TPSA) is 49.4 Å². The number of hydrogen-bond acceptors (Lipinski definition) is 2. The van der Waals surface area contributed by atoms with E-state index in [1.54, 1.807) is 17.0 Å². The lowest BCUT2D eigenvalue weighted by molar-refractivity contribution is -0.121. The highest BCUT2D eigenvalue weighted by Gasteiger charge is 2.20. The molecule has 0 heterocycles. The third kappa shape index (κ3) is 5.94. The van der Waals surface area contributed by atoms with Crippen LogP contribution in [-0.4, -0.2) is 29.8 Å². The largest absolute Gasteiger partial charge is 0.350 e. The van der Waals surface area contributed by atoms with Crippen molar-refractivity contribution in [2.45, 2.75) is 19.9 Å². The number of carbonyl (C=O) groups is 2. The lowest BCUT2D eigenvalue weighted by Gasteiger charge is -2.22. The molecule has 3 aromatic rings. The van der Waals surface area contributed by atoms with Crippen LogP contribution in [0.3, 0.4) is 0 Å². The molecule has 3 aromatic carbocycles. The van der Waals surface area contributed by atoms with Crippen molar-refractivity contribution in [2.75, 3.05) is 13.1 Å². The first kappa shape index (κ1) is 21.6. The summed E-state index contributed by atoms with van der Waals surface area (Å²) >= 11 is 5.89. The normalized spacial score (nSPS) is 10.5. The van der Waals surface area contributed by atoms with E-state index in [9.17, 15) is 9.59 Å². The molecule has 154 valence electrons. The molecule has 5 heteroatoms. The molecule has 0 aromatic heterocycles. The Labute approximate surface area is 182 Å². The van der Waals surface area contributed by atoms with Crippen LogP contribution in [0.4, 0.5) is 0 Å². The third-order valence-corrected chi connectivity index (χ3v) is 5.14. The molecule has 30 heavy (non-hydrogen) atoms. The fourth-order valence-corrected chi connectivity index (χ4v) is 3.35. The second-order valence-corrected chi connectivity index (χ2v) is 7.48. The summed E-state index contributed by atoms with van der Waals surface area (Å²) in [4.78, 5) is 27.2. The number of hydrogen-bond donors (Lipinski definition) is 1. The maximum Gasteiger partial charge on any atom is 0.254 e. The summed E-state index contributed by atoms with van der Waals surface area (Å²) < 4.78 is 0. The van der Waals surface area contributed by atoms with Crippen molar-refractivity contribution in [3.05, 3.63) is 106 Å². The Hall–Kier alpha value is -3.11. The van der Waals surface area contributed by atoms with Gasteiger partial charge < -0.3 is 10.2 Å². The van der Waals surface area contributed by atoms with Gasteiger partial charge >= 0.3 is 0 Å². The lowest BCUT2D eigenvalue weighted by atomic mass is 9.99. The average molecular weight is 421 g/mol. The summed E-state index contributed by atoms with van der Waals surface area (Å²) in [6.07, 6.45) is 0.670. The first-order valence-electron chi connectivity index (χ1n) is 9.99. The molecule has 0 saturated carbocycles. The standard InChI is InChI=1S/C25H25ClN2O2/c1-2-28(18-24(29)27-17-20-12-14-22(26)15-13-20)25(30)23-11-7-6-10-21(23)16-19-8-4-3-5-9-19/h3-15H,2,16-18H2,1H3,(H,27,29). The van der Waals surface area contributed by atoms with Crippen LogP contribution in [0.2, 0.25) is 5.02 Å². The Balaban J connectivity index is 1.65. The molecule has 2 amide bonds. The molecule has 0 atom stereocenters. The maximum absolute atomic E-state index is 13.2. The maximum atomic E-state index is 13.2. The molecule has 0 aliphatic heterocycles. The molecule has 0 bridgehead atoms. The molecule has 0 spiro atoms. The summed E-state index contributed by atoms with van der Waals surface area (Å²) in [7, 11) is 0. The SMILES string of the molecule is CCN(CC(=O)NCc1ccc(Cl)cc1)C(=O)c1ccccc1Cc1ccccc1. The van der Waals surface area contributed by atoms with Crippen LogP contribution in [0, 0.1) is 0 Å². The van der Waals surface area contributed by atoms with Crippen LogP contribution in [0.5, 0.6) is 0 Å². The fourth-order valence-electron chi connectivity index (χ4n) is 3.23. The van der Waals surface area contributed by atoms with E-state index < -0.39 is 0 Å². The number of benzene rings is 3. The van der Waals surface area contributed by atoms with Gasteiger partial charge in [-0.3, -0.25) is 9.59 Å². The van der Waals surface area contributed by atoms with Crippen molar-refractivity contribution < 1.29 is 9.59 Å². The average Bonchev–Trinajstić information content (AvgIpc) is 2.78. The second-order valence-electron chi connectivity index (χ2n) is 7.04. The third-order valence-electron chi connectivity index (χ3n) is 4.89. The van der Waals surface area contributed by atoms with Gasteiger partial charge in [-0.15, -0.1) is 0 Å². The first-order chi connectivity index (χ1) is 14.6. The molecule has 0 saturated heterocycles. The van der Waals surface area contributed by atoms with Crippen LogP contribution in [-0.2, 0) is 17.8 Å². The zero-order valence-corrected chi connectivity index (χ0v) is 17.7. The zero-order valence-electron chi connectivity index (χ0n) is 17.0. The minimum Gasteiger partial charge on any atom is -0.350 e. The van der Waals surface area contributed by atoms with Gasteiger partial charge in [0, 0.05) is 23.7 Å². The summed E-state index contributed by atoms with van der Waals surface area (Å²) in [5, 5.41) is 3.52. The molecule has 1 N–H and O–H groups in total. The number of carbonyl (C=O) groups excluding carboxylic acids is 2. The van der Waals surface area contributed by atoms with Gasteiger partial charge in [0.15, 0.2) is 0 Å². The van der Waals surface area contributed by atoms with Crippen LogP contribution >= 0.6 is 11.6 Å². The molecular weight excluding hydrogens is 396 g/mol. The van der Waals surface area contributed by atoms with Crippen molar-refractivity contribution >= 4 is 23.4 Å². The number of amides is 2. The van der Waals surface area contributed by atoms with Crippen molar-refractivity contribution in [3.8, 4) is 0 Å². The van der Waals surface area contributed by atoms with E-state index in [4.69, 9.17) is 11.6 Å². The Kier molecular flexibility index (Phi) is 7.63. The number of nitrogens with one attached hydrogen (secondary N) is 1. The Morgan fingerprint density at radius 3 is 2.23 bits per heavy atom. The molecular formula is C25H25ClN2O2. The number of halogens is 1. The van der Waals surface area contributed by atoms with Crippen molar-refractivity contribution in [1.82, 2.24) is 10.2 Å². The van der Waals surface area contributed by atoms with Gasteiger partial charge in [0.25, 0.3) is 5.91 Å². The molecule has 0 radical (unpaired) electrons. The van der Waals surface area contributed by atoms with Gasteiger partial charge in [-0.1, -0.05) is 72.3 Å². The molecule has 0 aliphatic carbocycles. The highest BCUT2D eigenvalue weighted by molar-refractivity contribution is 6.30. The van der Waals surface area contributed by atoms with Crippen LogP contribution in [0.15, 0.2) is 78.9 Å². The van der Waals surface area contributed by atoms with Gasteiger partial charge in [0.05, 0.1) is 6.54 Å². The minimum atomic E-state index is -0.194. The summed E-state index contributed by atoms with van der Waals surface area (Å²) in [6.45, 7) is 2.74. The van der Waals surface area contributed by atoms with Gasteiger partial charge in [0.1, 0.15) is 0 Å².